The Morgan fingerprint density at radius 1 is 1.10 bits per heavy atom. The lowest BCUT2D eigenvalue weighted by Gasteiger charge is -2.25. The molecule has 8 heteroatoms. The van der Waals surface area contributed by atoms with Gasteiger partial charge in [-0.2, -0.15) is 0 Å². The summed E-state index contributed by atoms with van der Waals surface area (Å²) in [6.45, 7) is -0.211. The SMILES string of the molecule is O=C(CNC(=O)c1cccc(F)c1)OCC(=O)c1cc2c3c(c1)CC(=O)N3CCC2. The molecule has 2 amide bonds. The molecule has 2 aromatic rings. The number of carbonyl (C=O) groups excluding carboxylic acids is 4. The standard InChI is InChI=1S/C22H19FN2O5/c23-17-5-1-3-14(9-17)22(29)24-11-20(28)30-12-18(26)15-7-13-4-2-6-25-19(27)10-16(8-15)21(13)25/h1,3,5,7-9H,2,4,6,10-12H2,(H,24,29). The Hall–Kier alpha value is -3.55. The number of ether oxygens (including phenoxy) is 1. The van der Waals surface area contributed by atoms with E-state index in [0.29, 0.717) is 12.1 Å². The molecule has 0 fully saturated rings. The van der Waals surface area contributed by atoms with Crippen molar-refractivity contribution < 1.29 is 28.3 Å². The maximum atomic E-state index is 13.2. The van der Waals surface area contributed by atoms with Crippen molar-refractivity contribution in [3.63, 3.8) is 0 Å². The molecule has 0 aromatic heterocycles. The number of esters is 1. The fourth-order valence-corrected chi connectivity index (χ4v) is 3.80. The Morgan fingerprint density at radius 3 is 2.70 bits per heavy atom. The third-order valence-electron chi connectivity index (χ3n) is 5.17. The molecule has 7 nitrogen and oxygen atoms in total. The Kier molecular flexibility index (Phi) is 5.31. The Bertz CT molecular complexity index is 1070. The van der Waals surface area contributed by atoms with Crippen molar-refractivity contribution in [2.75, 3.05) is 24.6 Å². The quantitative estimate of drug-likeness (QED) is 0.579. The van der Waals surface area contributed by atoms with Gasteiger partial charge in [0, 0.05) is 17.7 Å². The molecule has 2 aliphatic rings. The second kappa shape index (κ2) is 8.06. The first-order valence-corrected chi connectivity index (χ1v) is 9.61. The van der Waals surface area contributed by atoms with Crippen molar-refractivity contribution >= 4 is 29.3 Å². The second-order valence-electron chi connectivity index (χ2n) is 7.25. The number of Topliss-reactive ketones (excluding diaryl/α,β-unsaturated/α-hetero) is 1. The minimum Gasteiger partial charge on any atom is -0.456 e. The summed E-state index contributed by atoms with van der Waals surface area (Å²) >= 11 is 0. The van der Waals surface area contributed by atoms with Gasteiger partial charge in [-0.3, -0.25) is 19.2 Å². The molecule has 2 heterocycles. The van der Waals surface area contributed by atoms with Crippen LogP contribution >= 0.6 is 0 Å². The van der Waals surface area contributed by atoms with Gasteiger partial charge < -0.3 is 15.0 Å². The fraction of sp³-hybridized carbons (Fsp3) is 0.273. The van der Waals surface area contributed by atoms with Crippen LogP contribution in [0, 0.1) is 5.82 Å². The molecule has 0 atom stereocenters. The molecule has 0 saturated carbocycles. The number of amides is 2. The largest absolute Gasteiger partial charge is 0.456 e. The van der Waals surface area contributed by atoms with Crippen molar-refractivity contribution in [1.29, 1.82) is 0 Å². The van der Waals surface area contributed by atoms with E-state index in [9.17, 15) is 23.6 Å². The number of hydrogen-bond acceptors (Lipinski definition) is 5. The van der Waals surface area contributed by atoms with E-state index >= 15 is 0 Å². The molecule has 0 bridgehead atoms. The number of rotatable bonds is 6. The van der Waals surface area contributed by atoms with E-state index in [2.05, 4.69) is 5.32 Å². The fourth-order valence-electron chi connectivity index (χ4n) is 3.80. The van der Waals surface area contributed by atoms with E-state index in [0.717, 1.165) is 35.7 Å². The van der Waals surface area contributed by atoms with Crippen LogP contribution in [0.1, 0.15) is 38.3 Å². The monoisotopic (exact) mass is 410 g/mol. The summed E-state index contributed by atoms with van der Waals surface area (Å²) in [6, 6.07) is 8.50. The highest BCUT2D eigenvalue weighted by molar-refractivity contribution is 6.05. The summed E-state index contributed by atoms with van der Waals surface area (Å²) in [7, 11) is 0. The lowest BCUT2D eigenvalue weighted by molar-refractivity contribution is -0.141. The summed E-state index contributed by atoms with van der Waals surface area (Å²) in [4.78, 5) is 50.2. The Morgan fingerprint density at radius 2 is 1.90 bits per heavy atom. The van der Waals surface area contributed by atoms with Crippen molar-refractivity contribution in [3.05, 3.63) is 64.5 Å². The molecule has 0 unspecified atom stereocenters. The minimum absolute atomic E-state index is 0.0380. The van der Waals surface area contributed by atoms with Crippen molar-refractivity contribution in [1.82, 2.24) is 5.32 Å². The minimum atomic E-state index is -0.781. The zero-order valence-corrected chi connectivity index (χ0v) is 16.1. The zero-order valence-electron chi connectivity index (χ0n) is 16.1. The highest BCUT2D eigenvalue weighted by atomic mass is 19.1. The molecular formula is C22H19FN2O5. The highest BCUT2D eigenvalue weighted by Crippen LogP contribution is 2.37. The topological polar surface area (TPSA) is 92.8 Å². The van der Waals surface area contributed by atoms with Crippen molar-refractivity contribution in [2.45, 2.75) is 19.3 Å². The van der Waals surface area contributed by atoms with E-state index in [1.54, 1.807) is 17.0 Å². The molecule has 2 aliphatic heterocycles. The number of nitrogens with one attached hydrogen (secondary N) is 1. The van der Waals surface area contributed by atoms with Gasteiger partial charge in [0.25, 0.3) is 5.91 Å². The summed E-state index contributed by atoms with van der Waals surface area (Å²) in [5, 5.41) is 2.32. The summed E-state index contributed by atoms with van der Waals surface area (Å²) < 4.78 is 18.1. The first-order chi connectivity index (χ1) is 14.4. The molecule has 30 heavy (non-hydrogen) atoms. The molecule has 0 spiro atoms. The normalized spacial score (nSPS) is 14.3. The van der Waals surface area contributed by atoms with Gasteiger partial charge >= 0.3 is 5.97 Å². The van der Waals surface area contributed by atoms with E-state index in [1.807, 2.05) is 0 Å². The Balaban J connectivity index is 1.33. The van der Waals surface area contributed by atoms with Crippen molar-refractivity contribution in [3.8, 4) is 0 Å². The molecule has 4 rings (SSSR count). The van der Waals surface area contributed by atoms with Crippen LogP contribution in [-0.2, 0) is 27.2 Å². The maximum Gasteiger partial charge on any atom is 0.325 e. The predicted octanol–water partition coefficient (Wildman–Crippen LogP) is 1.82. The summed E-state index contributed by atoms with van der Waals surface area (Å²) in [5.74, 6) is -2.30. The maximum absolute atomic E-state index is 13.2. The highest BCUT2D eigenvalue weighted by Gasteiger charge is 2.33. The third-order valence-corrected chi connectivity index (χ3v) is 5.17. The van der Waals surface area contributed by atoms with Crippen LogP contribution in [0.2, 0.25) is 0 Å². The number of aryl methyl sites for hydroxylation is 1. The van der Waals surface area contributed by atoms with Gasteiger partial charge in [-0.05, 0) is 54.3 Å². The van der Waals surface area contributed by atoms with Gasteiger partial charge in [0.05, 0.1) is 12.1 Å². The average molecular weight is 410 g/mol. The van der Waals surface area contributed by atoms with E-state index in [1.165, 1.54) is 18.2 Å². The number of halogens is 1. The number of benzene rings is 2. The number of anilines is 1. The van der Waals surface area contributed by atoms with Gasteiger partial charge in [0.2, 0.25) is 5.91 Å². The van der Waals surface area contributed by atoms with Crippen LogP contribution in [0.15, 0.2) is 36.4 Å². The zero-order chi connectivity index (χ0) is 21.3. The molecule has 154 valence electrons. The smallest absolute Gasteiger partial charge is 0.325 e. The van der Waals surface area contributed by atoms with Crippen LogP contribution in [-0.4, -0.2) is 43.3 Å². The van der Waals surface area contributed by atoms with Crippen LogP contribution in [0.4, 0.5) is 10.1 Å². The molecule has 0 aliphatic carbocycles. The first-order valence-electron chi connectivity index (χ1n) is 9.61. The average Bonchev–Trinajstić information content (AvgIpc) is 3.07. The van der Waals surface area contributed by atoms with Gasteiger partial charge in [-0.1, -0.05) is 6.07 Å². The summed E-state index contributed by atoms with van der Waals surface area (Å²) in [6.07, 6.45) is 1.91. The van der Waals surface area contributed by atoms with E-state index in [4.69, 9.17) is 4.74 Å². The van der Waals surface area contributed by atoms with Crippen LogP contribution in [0.5, 0.6) is 0 Å². The number of hydrogen-bond donors (Lipinski definition) is 1. The van der Waals surface area contributed by atoms with E-state index < -0.39 is 30.8 Å². The molecule has 1 N–H and O–H groups in total. The van der Waals surface area contributed by atoms with Gasteiger partial charge in [-0.15, -0.1) is 0 Å². The van der Waals surface area contributed by atoms with Gasteiger partial charge in [0.15, 0.2) is 12.4 Å². The Labute approximate surface area is 171 Å². The summed E-state index contributed by atoms with van der Waals surface area (Å²) in [5.41, 5.74) is 3.18. The predicted molar refractivity (Wildman–Crippen MR) is 105 cm³/mol. The van der Waals surface area contributed by atoms with Crippen LogP contribution in [0.3, 0.4) is 0 Å². The van der Waals surface area contributed by atoms with Gasteiger partial charge in [-0.25, -0.2) is 4.39 Å². The second-order valence-corrected chi connectivity index (χ2v) is 7.25. The number of ketones is 1. The lowest BCUT2D eigenvalue weighted by atomic mass is 9.95. The number of nitrogens with zero attached hydrogens (tertiary/aromatic N) is 1. The van der Waals surface area contributed by atoms with Gasteiger partial charge in [0.1, 0.15) is 12.4 Å². The van der Waals surface area contributed by atoms with Crippen LogP contribution in [0.25, 0.3) is 0 Å². The number of carbonyl (C=O) groups is 4. The lowest BCUT2D eigenvalue weighted by Crippen LogP contribution is -2.32. The third kappa shape index (κ3) is 3.94. The van der Waals surface area contributed by atoms with Crippen LogP contribution < -0.4 is 10.2 Å². The first kappa shape index (κ1) is 19.8. The molecule has 2 aromatic carbocycles. The van der Waals surface area contributed by atoms with Crippen molar-refractivity contribution in [2.24, 2.45) is 0 Å². The molecule has 0 radical (unpaired) electrons. The molecular weight excluding hydrogens is 391 g/mol. The molecule has 0 saturated heterocycles. The van der Waals surface area contributed by atoms with E-state index in [-0.39, 0.29) is 23.7 Å².